The van der Waals surface area contributed by atoms with Crippen molar-refractivity contribution in [3.05, 3.63) is 5.69 Å². The Morgan fingerprint density at radius 2 is 2.00 bits per heavy atom. The summed E-state index contributed by atoms with van der Waals surface area (Å²) in [5, 5.41) is 7.32. The van der Waals surface area contributed by atoms with E-state index in [-0.39, 0.29) is 5.41 Å². The number of rotatable bonds is 3. The van der Waals surface area contributed by atoms with Crippen molar-refractivity contribution in [2.24, 2.45) is 0 Å². The van der Waals surface area contributed by atoms with E-state index in [1.165, 1.54) is 0 Å². The summed E-state index contributed by atoms with van der Waals surface area (Å²) < 4.78 is 4.73. The topological polar surface area (TPSA) is 64.9 Å². The van der Waals surface area contributed by atoms with Gasteiger partial charge in [0.2, 0.25) is 5.88 Å². The van der Waals surface area contributed by atoms with Crippen LogP contribution < -0.4 is 5.73 Å². The summed E-state index contributed by atoms with van der Waals surface area (Å²) in [7, 11) is 0. The lowest BCUT2D eigenvalue weighted by molar-refractivity contribution is 0.407. The van der Waals surface area contributed by atoms with Gasteiger partial charge in [-0.2, -0.15) is 0 Å². The minimum Gasteiger partial charge on any atom is -0.366 e. The Morgan fingerprint density at radius 1 is 1.42 bits per heavy atom. The third-order valence-electron chi connectivity index (χ3n) is 2.65. The quantitative estimate of drug-likeness (QED) is 0.748. The van der Waals surface area contributed by atoms with Crippen molar-refractivity contribution in [2.45, 2.75) is 39.0 Å². The highest BCUT2D eigenvalue weighted by molar-refractivity contribution is 5.34. The first-order chi connectivity index (χ1) is 5.64. The molecule has 0 saturated heterocycles. The van der Waals surface area contributed by atoms with Gasteiger partial charge in [0.1, 0.15) is 5.69 Å². The highest BCUT2D eigenvalue weighted by Crippen LogP contribution is 2.32. The molecule has 1 rings (SSSR count). The highest BCUT2D eigenvalue weighted by Gasteiger charge is 2.29. The van der Waals surface area contributed by atoms with Crippen molar-refractivity contribution >= 4 is 5.88 Å². The zero-order valence-electron chi connectivity index (χ0n) is 7.79. The number of aromatic nitrogens is 2. The molecule has 0 aliphatic rings. The van der Waals surface area contributed by atoms with E-state index in [1.54, 1.807) is 0 Å². The normalized spacial score (nSPS) is 11.9. The summed E-state index contributed by atoms with van der Waals surface area (Å²) in [6.07, 6.45) is 1.98. The summed E-state index contributed by atoms with van der Waals surface area (Å²) in [6, 6.07) is 0. The van der Waals surface area contributed by atoms with Gasteiger partial charge in [-0.1, -0.05) is 20.8 Å². The molecule has 12 heavy (non-hydrogen) atoms. The van der Waals surface area contributed by atoms with Crippen LogP contribution in [-0.2, 0) is 5.41 Å². The van der Waals surface area contributed by atoms with Crippen molar-refractivity contribution < 1.29 is 4.52 Å². The molecule has 0 aliphatic heterocycles. The lowest BCUT2D eigenvalue weighted by Crippen LogP contribution is -2.21. The van der Waals surface area contributed by atoms with E-state index >= 15 is 0 Å². The maximum Gasteiger partial charge on any atom is 0.246 e. The molecule has 0 bridgehead atoms. The molecule has 0 amide bonds. The predicted octanol–water partition coefficient (Wildman–Crippen LogP) is 1.73. The molecule has 0 radical (unpaired) electrons. The third-order valence-corrected chi connectivity index (χ3v) is 2.65. The molecule has 2 N–H and O–H groups in total. The van der Waals surface area contributed by atoms with E-state index in [9.17, 15) is 0 Å². The first-order valence-corrected chi connectivity index (χ1v) is 4.22. The number of nitrogens with zero attached hydrogens (tertiary/aromatic N) is 2. The second kappa shape index (κ2) is 3.13. The molecular formula is C8H15N3O. The number of nitrogen functional groups attached to an aromatic ring is 1. The minimum absolute atomic E-state index is 0.00405. The zero-order valence-corrected chi connectivity index (χ0v) is 7.79. The Kier molecular flexibility index (Phi) is 2.35. The van der Waals surface area contributed by atoms with Gasteiger partial charge >= 0.3 is 0 Å². The Balaban J connectivity index is 3.02. The van der Waals surface area contributed by atoms with Gasteiger partial charge in [-0.25, -0.2) is 0 Å². The van der Waals surface area contributed by atoms with Gasteiger partial charge in [-0.3, -0.25) is 0 Å². The van der Waals surface area contributed by atoms with Crippen LogP contribution >= 0.6 is 0 Å². The van der Waals surface area contributed by atoms with E-state index < -0.39 is 0 Å². The molecule has 0 atom stereocenters. The van der Waals surface area contributed by atoms with Gasteiger partial charge in [0.05, 0.1) is 0 Å². The van der Waals surface area contributed by atoms with Gasteiger partial charge in [0.15, 0.2) is 0 Å². The average molecular weight is 169 g/mol. The molecule has 4 nitrogen and oxygen atoms in total. The first kappa shape index (κ1) is 9.03. The van der Waals surface area contributed by atoms with Crippen LogP contribution in [0.5, 0.6) is 0 Å². The summed E-state index contributed by atoms with van der Waals surface area (Å²) in [5.74, 6) is 0.348. The van der Waals surface area contributed by atoms with Crippen molar-refractivity contribution in [3.63, 3.8) is 0 Å². The van der Waals surface area contributed by atoms with Crippen LogP contribution in [-0.4, -0.2) is 10.4 Å². The SMILES string of the molecule is CCC(C)(CC)c1nnoc1N. The van der Waals surface area contributed by atoms with Crippen molar-refractivity contribution in [3.8, 4) is 0 Å². The standard InChI is InChI=1S/C8H15N3O/c1-4-8(3,5-2)6-7(9)12-11-10-6/h4-5,9H2,1-3H3. The van der Waals surface area contributed by atoms with E-state index in [1.807, 2.05) is 0 Å². The molecule has 1 heterocycles. The summed E-state index contributed by atoms with van der Waals surface area (Å²) in [5.41, 5.74) is 6.37. The lowest BCUT2D eigenvalue weighted by atomic mass is 9.81. The molecule has 0 fully saturated rings. The molecule has 0 aromatic carbocycles. The molecule has 68 valence electrons. The van der Waals surface area contributed by atoms with Crippen molar-refractivity contribution in [1.82, 2.24) is 10.4 Å². The zero-order chi connectivity index (χ0) is 9.19. The van der Waals surface area contributed by atoms with Gasteiger partial charge < -0.3 is 10.3 Å². The molecule has 4 heteroatoms. The van der Waals surface area contributed by atoms with Crippen LogP contribution in [0.25, 0.3) is 0 Å². The number of nitrogens with two attached hydrogens (primary N) is 1. The largest absolute Gasteiger partial charge is 0.366 e. The molecular weight excluding hydrogens is 154 g/mol. The van der Waals surface area contributed by atoms with Crippen molar-refractivity contribution in [2.75, 3.05) is 5.73 Å². The summed E-state index contributed by atoms with van der Waals surface area (Å²) in [4.78, 5) is 0. The van der Waals surface area contributed by atoms with Gasteiger partial charge in [0.25, 0.3) is 0 Å². The van der Waals surface area contributed by atoms with Crippen LogP contribution in [0.1, 0.15) is 39.3 Å². The smallest absolute Gasteiger partial charge is 0.246 e. The fourth-order valence-corrected chi connectivity index (χ4v) is 1.20. The predicted molar refractivity (Wildman–Crippen MR) is 46.6 cm³/mol. The van der Waals surface area contributed by atoms with Crippen LogP contribution in [0, 0.1) is 0 Å². The molecule has 1 aromatic heterocycles. The number of anilines is 1. The van der Waals surface area contributed by atoms with E-state index in [0.29, 0.717) is 5.88 Å². The maximum absolute atomic E-state index is 5.59. The van der Waals surface area contributed by atoms with Gasteiger partial charge in [-0.05, 0) is 12.8 Å². The highest BCUT2D eigenvalue weighted by atomic mass is 16.5. The first-order valence-electron chi connectivity index (χ1n) is 4.22. The molecule has 1 aromatic rings. The Labute approximate surface area is 72.1 Å². The van der Waals surface area contributed by atoms with Crippen LogP contribution in [0.15, 0.2) is 4.52 Å². The lowest BCUT2D eigenvalue weighted by Gasteiger charge is -2.23. The minimum atomic E-state index is 0.00405. The van der Waals surface area contributed by atoms with E-state index in [0.717, 1.165) is 18.5 Å². The molecule has 0 saturated carbocycles. The fraction of sp³-hybridized carbons (Fsp3) is 0.750. The molecule has 0 unspecified atom stereocenters. The number of hydrogen-bond acceptors (Lipinski definition) is 4. The van der Waals surface area contributed by atoms with Gasteiger partial charge in [0, 0.05) is 10.7 Å². The average Bonchev–Trinajstić information content (AvgIpc) is 2.51. The fourth-order valence-electron chi connectivity index (χ4n) is 1.20. The monoisotopic (exact) mass is 169 g/mol. The second-order valence-corrected chi connectivity index (χ2v) is 3.25. The summed E-state index contributed by atoms with van der Waals surface area (Å²) in [6.45, 7) is 6.33. The Bertz CT molecular complexity index is 253. The van der Waals surface area contributed by atoms with Crippen molar-refractivity contribution in [1.29, 1.82) is 0 Å². The number of hydrogen-bond donors (Lipinski definition) is 1. The maximum atomic E-state index is 5.59. The van der Waals surface area contributed by atoms with Crippen LogP contribution in [0.4, 0.5) is 5.88 Å². The summed E-state index contributed by atoms with van der Waals surface area (Å²) >= 11 is 0. The van der Waals surface area contributed by atoms with Crippen LogP contribution in [0.2, 0.25) is 0 Å². The van der Waals surface area contributed by atoms with E-state index in [4.69, 9.17) is 10.3 Å². The molecule has 0 aliphatic carbocycles. The Morgan fingerprint density at radius 3 is 2.33 bits per heavy atom. The molecule has 0 spiro atoms. The second-order valence-electron chi connectivity index (χ2n) is 3.25. The van der Waals surface area contributed by atoms with Crippen LogP contribution in [0.3, 0.4) is 0 Å². The van der Waals surface area contributed by atoms with E-state index in [2.05, 4.69) is 31.1 Å². The third kappa shape index (κ3) is 1.29. The Hall–Kier alpha value is -1.06. The van der Waals surface area contributed by atoms with Gasteiger partial charge in [-0.15, -0.1) is 5.10 Å².